The van der Waals surface area contributed by atoms with Crippen LogP contribution < -0.4 is 4.43 Å². The van der Waals surface area contributed by atoms with Crippen LogP contribution in [0.2, 0.25) is 18.1 Å². The standard InChI is InChI=1S/C18H22FNO2Si/c1-18(2,3)23(4,5)22-15-7-6-12-20-16(15)17(21)13-8-10-14(19)11-9-13/h6-12H,1-5H3. The molecule has 0 fully saturated rings. The van der Waals surface area contributed by atoms with Gasteiger partial charge in [0.15, 0.2) is 5.69 Å². The van der Waals surface area contributed by atoms with E-state index in [-0.39, 0.29) is 22.3 Å². The van der Waals surface area contributed by atoms with E-state index in [1.165, 1.54) is 24.3 Å². The SMILES string of the molecule is CC(C)(C)[Si](C)(C)Oc1cccnc1C(=O)c1ccc(F)cc1. The van der Waals surface area contributed by atoms with E-state index in [1.54, 1.807) is 18.3 Å². The van der Waals surface area contributed by atoms with Crippen LogP contribution in [-0.4, -0.2) is 19.1 Å². The second kappa shape index (κ2) is 6.24. The quantitative estimate of drug-likeness (QED) is 0.594. The van der Waals surface area contributed by atoms with Crippen LogP contribution in [0, 0.1) is 5.82 Å². The third-order valence-electron chi connectivity index (χ3n) is 4.26. The lowest BCUT2D eigenvalue weighted by Crippen LogP contribution is -2.44. The Morgan fingerprint density at radius 3 is 2.30 bits per heavy atom. The molecule has 1 aromatic carbocycles. The molecule has 122 valence electrons. The third-order valence-corrected chi connectivity index (χ3v) is 8.61. The van der Waals surface area contributed by atoms with Gasteiger partial charge in [-0.05, 0) is 54.5 Å². The maximum Gasteiger partial charge on any atom is 0.250 e. The van der Waals surface area contributed by atoms with Crippen LogP contribution in [0.1, 0.15) is 36.8 Å². The van der Waals surface area contributed by atoms with Gasteiger partial charge in [0, 0.05) is 11.8 Å². The highest BCUT2D eigenvalue weighted by molar-refractivity contribution is 6.74. The van der Waals surface area contributed by atoms with Crippen molar-refractivity contribution in [3.05, 3.63) is 59.7 Å². The van der Waals surface area contributed by atoms with Crippen molar-refractivity contribution < 1.29 is 13.6 Å². The summed E-state index contributed by atoms with van der Waals surface area (Å²) in [4.78, 5) is 16.9. The van der Waals surface area contributed by atoms with E-state index in [4.69, 9.17) is 4.43 Å². The van der Waals surface area contributed by atoms with Crippen LogP contribution in [0.4, 0.5) is 4.39 Å². The van der Waals surface area contributed by atoms with Crippen LogP contribution in [0.25, 0.3) is 0 Å². The van der Waals surface area contributed by atoms with Gasteiger partial charge in [-0.1, -0.05) is 20.8 Å². The molecule has 0 aliphatic carbocycles. The third kappa shape index (κ3) is 3.85. The van der Waals surface area contributed by atoms with E-state index >= 15 is 0 Å². The molecule has 0 saturated carbocycles. The Morgan fingerprint density at radius 2 is 1.74 bits per heavy atom. The molecule has 0 atom stereocenters. The Labute approximate surface area is 137 Å². The maximum absolute atomic E-state index is 13.0. The molecule has 0 saturated heterocycles. The molecule has 0 aliphatic rings. The summed E-state index contributed by atoms with van der Waals surface area (Å²) in [5.41, 5.74) is 0.661. The summed E-state index contributed by atoms with van der Waals surface area (Å²) >= 11 is 0. The van der Waals surface area contributed by atoms with Gasteiger partial charge in [0.05, 0.1) is 0 Å². The van der Waals surface area contributed by atoms with Gasteiger partial charge in [-0.15, -0.1) is 0 Å². The molecule has 0 bridgehead atoms. The zero-order valence-electron chi connectivity index (χ0n) is 14.2. The van der Waals surface area contributed by atoms with Crippen LogP contribution in [0.15, 0.2) is 42.6 Å². The van der Waals surface area contributed by atoms with Crippen LogP contribution in [-0.2, 0) is 0 Å². The van der Waals surface area contributed by atoms with Gasteiger partial charge < -0.3 is 4.43 Å². The molecule has 1 heterocycles. The summed E-state index contributed by atoms with van der Waals surface area (Å²) in [5, 5.41) is 0.0129. The Bertz CT molecular complexity index is 706. The zero-order valence-corrected chi connectivity index (χ0v) is 15.2. The summed E-state index contributed by atoms with van der Waals surface area (Å²) in [6.07, 6.45) is 1.56. The zero-order chi connectivity index (χ0) is 17.3. The van der Waals surface area contributed by atoms with Crippen molar-refractivity contribution in [3.63, 3.8) is 0 Å². The van der Waals surface area contributed by atoms with Crippen molar-refractivity contribution in [1.82, 2.24) is 4.98 Å². The fraction of sp³-hybridized carbons (Fsp3) is 0.333. The van der Waals surface area contributed by atoms with Gasteiger partial charge in [-0.3, -0.25) is 4.79 Å². The summed E-state index contributed by atoms with van der Waals surface area (Å²) in [7, 11) is -2.09. The van der Waals surface area contributed by atoms with Crippen molar-refractivity contribution in [3.8, 4) is 5.75 Å². The normalized spacial score (nSPS) is 12.1. The van der Waals surface area contributed by atoms with E-state index in [0.717, 1.165) is 0 Å². The summed E-state index contributed by atoms with van der Waals surface area (Å²) < 4.78 is 19.3. The molecule has 2 aromatic rings. The minimum atomic E-state index is -2.09. The van der Waals surface area contributed by atoms with Gasteiger partial charge in [0.1, 0.15) is 11.6 Å². The van der Waals surface area contributed by atoms with E-state index in [9.17, 15) is 9.18 Å². The number of pyridine rings is 1. The minimum Gasteiger partial charge on any atom is -0.542 e. The molecule has 0 radical (unpaired) electrons. The minimum absolute atomic E-state index is 0.0129. The van der Waals surface area contributed by atoms with Crippen molar-refractivity contribution in [2.75, 3.05) is 0 Å². The summed E-state index contributed by atoms with van der Waals surface area (Å²) in [6, 6.07) is 8.98. The van der Waals surface area contributed by atoms with Crippen LogP contribution in [0.5, 0.6) is 5.75 Å². The first kappa shape index (κ1) is 17.3. The highest BCUT2D eigenvalue weighted by Gasteiger charge is 2.39. The summed E-state index contributed by atoms with van der Waals surface area (Å²) in [5.74, 6) is -0.145. The molecule has 3 nitrogen and oxygen atoms in total. The number of aromatic nitrogens is 1. The van der Waals surface area contributed by atoms with Gasteiger partial charge >= 0.3 is 0 Å². The molecular weight excluding hydrogens is 309 g/mol. The number of carbonyl (C=O) groups excluding carboxylic acids is 1. The van der Waals surface area contributed by atoms with Gasteiger partial charge in [0.25, 0.3) is 8.32 Å². The van der Waals surface area contributed by atoms with E-state index in [2.05, 4.69) is 38.8 Å². The number of benzene rings is 1. The van der Waals surface area contributed by atoms with Crippen LogP contribution in [0.3, 0.4) is 0 Å². The number of ketones is 1. The van der Waals surface area contributed by atoms with E-state index < -0.39 is 8.32 Å². The predicted octanol–water partition coefficient (Wildman–Crippen LogP) is 4.84. The highest BCUT2D eigenvalue weighted by Crippen LogP contribution is 2.38. The molecule has 0 unspecified atom stereocenters. The summed E-state index contributed by atoms with van der Waals surface area (Å²) in [6.45, 7) is 10.6. The van der Waals surface area contributed by atoms with E-state index in [1.807, 2.05) is 0 Å². The maximum atomic E-state index is 13.0. The smallest absolute Gasteiger partial charge is 0.250 e. The van der Waals surface area contributed by atoms with Crippen molar-refractivity contribution in [2.45, 2.75) is 38.9 Å². The number of carbonyl (C=O) groups is 1. The Hall–Kier alpha value is -2.01. The molecule has 0 N–H and O–H groups in total. The Morgan fingerprint density at radius 1 is 1.13 bits per heavy atom. The monoisotopic (exact) mass is 331 g/mol. The van der Waals surface area contributed by atoms with E-state index in [0.29, 0.717) is 11.3 Å². The largest absolute Gasteiger partial charge is 0.542 e. The molecule has 2 rings (SSSR count). The topological polar surface area (TPSA) is 39.2 Å². The highest BCUT2D eigenvalue weighted by atomic mass is 28.4. The molecular formula is C18H22FNO2Si. The first-order chi connectivity index (χ1) is 10.6. The fourth-order valence-corrected chi connectivity index (χ4v) is 2.83. The second-order valence-electron chi connectivity index (χ2n) is 7.05. The van der Waals surface area contributed by atoms with Crippen molar-refractivity contribution >= 4 is 14.1 Å². The lowest BCUT2D eigenvalue weighted by molar-refractivity contribution is 0.103. The van der Waals surface area contributed by atoms with Gasteiger partial charge in [-0.2, -0.15) is 0 Å². The number of rotatable bonds is 4. The lowest BCUT2D eigenvalue weighted by Gasteiger charge is -2.36. The fourth-order valence-electron chi connectivity index (χ4n) is 1.81. The average molecular weight is 331 g/mol. The second-order valence-corrected chi connectivity index (χ2v) is 11.8. The Balaban J connectivity index is 2.38. The van der Waals surface area contributed by atoms with Crippen molar-refractivity contribution in [2.24, 2.45) is 0 Å². The lowest BCUT2D eigenvalue weighted by atomic mass is 10.1. The van der Waals surface area contributed by atoms with Crippen molar-refractivity contribution in [1.29, 1.82) is 0 Å². The predicted molar refractivity (Wildman–Crippen MR) is 91.9 cm³/mol. The molecule has 0 spiro atoms. The first-order valence-corrected chi connectivity index (χ1v) is 10.5. The average Bonchev–Trinajstić information content (AvgIpc) is 2.46. The number of hydrogen-bond acceptors (Lipinski definition) is 3. The first-order valence-electron chi connectivity index (χ1n) is 7.56. The number of halogens is 1. The molecule has 23 heavy (non-hydrogen) atoms. The Kier molecular flexibility index (Phi) is 4.70. The molecule has 0 aliphatic heterocycles. The number of hydrogen-bond donors (Lipinski definition) is 0. The van der Waals surface area contributed by atoms with Gasteiger partial charge in [-0.25, -0.2) is 9.37 Å². The molecule has 1 aromatic heterocycles. The van der Waals surface area contributed by atoms with Crippen LogP contribution >= 0.6 is 0 Å². The molecule has 0 amide bonds. The number of nitrogens with zero attached hydrogens (tertiary/aromatic N) is 1. The van der Waals surface area contributed by atoms with Gasteiger partial charge in [0.2, 0.25) is 5.78 Å². The molecule has 5 heteroatoms.